The van der Waals surface area contributed by atoms with Crippen LogP contribution < -0.4 is 5.43 Å². The Labute approximate surface area is 109 Å². The van der Waals surface area contributed by atoms with E-state index in [1.807, 2.05) is 18.9 Å². The molecule has 0 aromatic carbocycles. The molecule has 0 unspecified atom stereocenters. The summed E-state index contributed by atoms with van der Waals surface area (Å²) in [6.45, 7) is 6.63. The summed E-state index contributed by atoms with van der Waals surface area (Å²) in [7, 11) is 0. The minimum atomic E-state index is -0.873. The smallest absolute Gasteiger partial charge is 0.254 e. The van der Waals surface area contributed by atoms with Gasteiger partial charge in [-0.05, 0) is 12.8 Å². The first-order valence-electron chi connectivity index (χ1n) is 6.73. The maximum atomic E-state index is 12.3. The largest absolute Gasteiger partial charge is 0.379 e. The lowest BCUT2D eigenvalue weighted by Gasteiger charge is -2.31. The van der Waals surface area contributed by atoms with E-state index < -0.39 is 5.41 Å². The van der Waals surface area contributed by atoms with Gasteiger partial charge in [-0.25, -0.2) is 5.01 Å². The Bertz CT molecular complexity index is 300. The second kappa shape index (κ2) is 7.34. The van der Waals surface area contributed by atoms with Gasteiger partial charge >= 0.3 is 0 Å². The van der Waals surface area contributed by atoms with Crippen LogP contribution in [0.25, 0.3) is 0 Å². The van der Waals surface area contributed by atoms with Crippen LogP contribution in [0.3, 0.4) is 0 Å². The molecule has 0 atom stereocenters. The lowest BCUT2D eigenvalue weighted by Crippen LogP contribution is -2.53. The van der Waals surface area contributed by atoms with Crippen molar-refractivity contribution in [3.63, 3.8) is 0 Å². The zero-order valence-electron chi connectivity index (χ0n) is 11.4. The molecule has 5 nitrogen and oxygen atoms in total. The summed E-state index contributed by atoms with van der Waals surface area (Å²) in [5.74, 6) is -0.157. The molecule has 1 N–H and O–H groups in total. The van der Waals surface area contributed by atoms with Gasteiger partial charge in [-0.2, -0.15) is 5.26 Å². The highest BCUT2D eigenvalue weighted by molar-refractivity contribution is 5.84. The van der Waals surface area contributed by atoms with Crippen LogP contribution in [0, 0.1) is 16.7 Å². The van der Waals surface area contributed by atoms with E-state index in [0.717, 1.165) is 12.8 Å². The number of carbonyl (C=O) groups is 1. The molecule has 102 valence electrons. The predicted molar refractivity (Wildman–Crippen MR) is 68.4 cm³/mol. The number of morpholine rings is 1. The molecular formula is C13H23N3O2. The van der Waals surface area contributed by atoms with E-state index in [1.54, 1.807) is 0 Å². The SMILES string of the molecule is CCCC(C#N)(CCC)C(=O)NN1CCOCC1. The summed E-state index contributed by atoms with van der Waals surface area (Å²) >= 11 is 0. The van der Waals surface area contributed by atoms with E-state index in [0.29, 0.717) is 39.1 Å². The lowest BCUT2D eigenvalue weighted by molar-refractivity contribution is -0.136. The van der Waals surface area contributed by atoms with E-state index in [2.05, 4.69) is 11.5 Å². The molecule has 18 heavy (non-hydrogen) atoms. The van der Waals surface area contributed by atoms with Gasteiger partial charge in [0.1, 0.15) is 5.41 Å². The third kappa shape index (κ3) is 3.69. The molecular weight excluding hydrogens is 230 g/mol. The molecule has 5 heteroatoms. The van der Waals surface area contributed by atoms with Crippen molar-refractivity contribution in [1.82, 2.24) is 10.4 Å². The molecule has 1 fully saturated rings. The van der Waals surface area contributed by atoms with E-state index >= 15 is 0 Å². The molecule has 1 rings (SSSR count). The van der Waals surface area contributed by atoms with Crippen LogP contribution in [0.15, 0.2) is 0 Å². The van der Waals surface area contributed by atoms with Crippen LogP contribution in [0.5, 0.6) is 0 Å². The Hall–Kier alpha value is -1.12. The van der Waals surface area contributed by atoms with Crippen molar-refractivity contribution in [2.24, 2.45) is 5.41 Å². The summed E-state index contributed by atoms with van der Waals surface area (Å²) in [4.78, 5) is 12.3. The Morgan fingerprint density at radius 3 is 2.33 bits per heavy atom. The summed E-state index contributed by atoms with van der Waals surface area (Å²) in [5.41, 5.74) is 2.00. The molecule has 0 aromatic rings. The van der Waals surface area contributed by atoms with E-state index in [4.69, 9.17) is 4.74 Å². The number of hydrogen-bond acceptors (Lipinski definition) is 4. The van der Waals surface area contributed by atoms with Gasteiger partial charge in [-0.15, -0.1) is 0 Å². The van der Waals surface area contributed by atoms with Crippen molar-refractivity contribution in [3.8, 4) is 6.07 Å². The van der Waals surface area contributed by atoms with Gasteiger partial charge < -0.3 is 4.74 Å². The number of nitrogens with zero attached hydrogens (tertiary/aromatic N) is 2. The van der Waals surface area contributed by atoms with Gasteiger partial charge in [-0.3, -0.25) is 10.2 Å². The summed E-state index contributed by atoms with van der Waals surface area (Å²) in [6.07, 6.45) is 2.91. The van der Waals surface area contributed by atoms with Crippen LogP contribution in [0.1, 0.15) is 39.5 Å². The number of hydrogen-bond donors (Lipinski definition) is 1. The van der Waals surface area contributed by atoms with E-state index in [9.17, 15) is 10.1 Å². The first kappa shape index (κ1) is 14.9. The monoisotopic (exact) mass is 253 g/mol. The number of nitrogens with one attached hydrogen (secondary N) is 1. The lowest BCUT2D eigenvalue weighted by atomic mass is 9.80. The third-order valence-electron chi connectivity index (χ3n) is 3.27. The number of nitriles is 1. The topological polar surface area (TPSA) is 65.4 Å². The summed E-state index contributed by atoms with van der Waals surface area (Å²) in [5, 5.41) is 11.2. The Kier molecular flexibility index (Phi) is 6.10. The van der Waals surface area contributed by atoms with E-state index in [-0.39, 0.29) is 5.91 Å². The highest BCUT2D eigenvalue weighted by Gasteiger charge is 2.37. The standard InChI is InChI=1S/C13H23N3O2/c1-3-5-13(11-14,6-4-2)12(17)15-16-7-9-18-10-8-16/h3-10H2,1-2H3,(H,15,17). The minimum Gasteiger partial charge on any atom is -0.379 e. The van der Waals surface area contributed by atoms with Crippen LogP contribution in [0.2, 0.25) is 0 Å². The fourth-order valence-corrected chi connectivity index (χ4v) is 2.29. The van der Waals surface area contributed by atoms with Gasteiger partial charge in [0.2, 0.25) is 0 Å². The molecule has 1 aliphatic rings. The molecule has 1 heterocycles. The summed E-state index contributed by atoms with van der Waals surface area (Å²) in [6, 6.07) is 2.24. The van der Waals surface area contributed by atoms with Crippen molar-refractivity contribution < 1.29 is 9.53 Å². The molecule has 0 aliphatic carbocycles. The number of amides is 1. The van der Waals surface area contributed by atoms with Gasteiger partial charge in [0.25, 0.3) is 5.91 Å². The second-order valence-corrected chi connectivity index (χ2v) is 4.73. The Balaban J connectivity index is 2.66. The van der Waals surface area contributed by atoms with Crippen molar-refractivity contribution in [2.75, 3.05) is 26.3 Å². The highest BCUT2D eigenvalue weighted by atomic mass is 16.5. The molecule has 0 saturated carbocycles. The fraction of sp³-hybridized carbons (Fsp3) is 0.846. The molecule has 0 bridgehead atoms. The average molecular weight is 253 g/mol. The zero-order valence-corrected chi connectivity index (χ0v) is 11.4. The normalized spacial score (nSPS) is 17.2. The van der Waals surface area contributed by atoms with Gasteiger partial charge in [0.15, 0.2) is 0 Å². The molecule has 0 radical (unpaired) electrons. The quantitative estimate of drug-likeness (QED) is 0.778. The van der Waals surface area contributed by atoms with Crippen LogP contribution >= 0.6 is 0 Å². The Morgan fingerprint density at radius 2 is 1.89 bits per heavy atom. The highest BCUT2D eigenvalue weighted by Crippen LogP contribution is 2.29. The van der Waals surface area contributed by atoms with Gasteiger partial charge in [0, 0.05) is 13.1 Å². The number of hydrazine groups is 1. The first-order valence-corrected chi connectivity index (χ1v) is 6.73. The number of rotatable bonds is 6. The Morgan fingerprint density at radius 1 is 1.33 bits per heavy atom. The predicted octanol–water partition coefficient (Wildman–Crippen LogP) is 1.46. The number of ether oxygens (including phenoxy) is 1. The van der Waals surface area contributed by atoms with E-state index in [1.165, 1.54) is 0 Å². The maximum absolute atomic E-state index is 12.3. The van der Waals surface area contributed by atoms with Gasteiger partial charge in [0.05, 0.1) is 19.3 Å². The fourth-order valence-electron chi connectivity index (χ4n) is 2.29. The molecule has 1 amide bonds. The minimum absolute atomic E-state index is 0.157. The average Bonchev–Trinajstić information content (AvgIpc) is 2.39. The van der Waals surface area contributed by atoms with Crippen molar-refractivity contribution in [3.05, 3.63) is 0 Å². The zero-order chi connectivity index (χ0) is 13.4. The molecule has 0 aromatic heterocycles. The molecule has 1 saturated heterocycles. The molecule has 0 spiro atoms. The van der Waals surface area contributed by atoms with Crippen LogP contribution in [0.4, 0.5) is 0 Å². The van der Waals surface area contributed by atoms with Gasteiger partial charge in [-0.1, -0.05) is 26.7 Å². The van der Waals surface area contributed by atoms with Crippen molar-refractivity contribution in [1.29, 1.82) is 5.26 Å². The number of carbonyl (C=O) groups excluding carboxylic acids is 1. The second-order valence-electron chi connectivity index (χ2n) is 4.73. The summed E-state index contributed by atoms with van der Waals surface area (Å²) < 4.78 is 5.23. The van der Waals surface area contributed by atoms with Crippen LogP contribution in [-0.2, 0) is 9.53 Å². The maximum Gasteiger partial charge on any atom is 0.254 e. The molecule has 1 aliphatic heterocycles. The first-order chi connectivity index (χ1) is 8.68. The third-order valence-corrected chi connectivity index (χ3v) is 3.27. The van der Waals surface area contributed by atoms with Crippen LogP contribution in [-0.4, -0.2) is 37.2 Å². The van der Waals surface area contributed by atoms with Crippen molar-refractivity contribution >= 4 is 5.91 Å². The van der Waals surface area contributed by atoms with Crippen molar-refractivity contribution in [2.45, 2.75) is 39.5 Å².